The number of aliphatic carboxylic acids is 1. The van der Waals surface area contributed by atoms with Crippen molar-refractivity contribution in [3.05, 3.63) is 0 Å². The predicted molar refractivity (Wildman–Crippen MR) is 91.5 cm³/mol. The summed E-state index contributed by atoms with van der Waals surface area (Å²) in [5, 5.41) is 8.78. The molecule has 13 heteroatoms. The van der Waals surface area contributed by atoms with Crippen LogP contribution in [0.5, 0.6) is 0 Å². The van der Waals surface area contributed by atoms with Gasteiger partial charge in [0.1, 0.15) is 37.0 Å². The van der Waals surface area contributed by atoms with Crippen LogP contribution >= 0.6 is 0 Å². The Labute approximate surface area is 177 Å². The molecule has 3 aliphatic heterocycles. The minimum atomic E-state index is -5.19. The number of rotatable bonds is 3. The van der Waals surface area contributed by atoms with Crippen molar-refractivity contribution >= 4 is 11.9 Å². The first-order valence-corrected chi connectivity index (χ1v) is 9.50. The van der Waals surface area contributed by atoms with E-state index in [4.69, 9.17) is 38.3 Å². The first-order valence-electron chi connectivity index (χ1n) is 9.50. The Morgan fingerprint density at radius 3 is 1.90 bits per heavy atom. The Kier molecular flexibility index (Phi) is 7.01. The van der Waals surface area contributed by atoms with Crippen LogP contribution in [0.2, 0.25) is 0 Å². The van der Waals surface area contributed by atoms with Crippen molar-refractivity contribution in [3.63, 3.8) is 0 Å². The zero-order valence-electron chi connectivity index (χ0n) is 18.1. The fourth-order valence-electron chi connectivity index (χ4n) is 3.18. The van der Waals surface area contributed by atoms with E-state index in [0.717, 1.165) is 0 Å². The third kappa shape index (κ3) is 6.49. The van der Waals surface area contributed by atoms with Gasteiger partial charge in [0.15, 0.2) is 23.4 Å². The topological polar surface area (TPSA) is 140 Å². The van der Waals surface area contributed by atoms with Gasteiger partial charge < -0.3 is 44.1 Å². The van der Waals surface area contributed by atoms with Gasteiger partial charge in [0.25, 0.3) is 0 Å². The molecule has 10 nitrogen and oxygen atoms in total. The monoisotopic (exact) mass is 459 g/mol. The molecule has 3 N–H and O–H groups in total. The molecule has 0 aromatic rings. The average molecular weight is 459 g/mol. The van der Waals surface area contributed by atoms with E-state index in [1.54, 1.807) is 13.8 Å². The zero-order valence-corrected chi connectivity index (χ0v) is 18.1. The lowest BCUT2D eigenvalue weighted by Gasteiger charge is -2.37. The maximum Gasteiger partial charge on any atom is 0.430 e. The van der Waals surface area contributed by atoms with Crippen molar-refractivity contribution in [2.75, 3.05) is 6.61 Å². The summed E-state index contributed by atoms with van der Waals surface area (Å²) in [7, 11) is 0. The van der Waals surface area contributed by atoms with Crippen LogP contribution in [0.4, 0.5) is 13.2 Å². The summed E-state index contributed by atoms with van der Waals surface area (Å²) in [6.07, 6.45) is -7.42. The van der Waals surface area contributed by atoms with Crippen LogP contribution in [0.25, 0.3) is 0 Å². The quantitative estimate of drug-likeness (QED) is 0.540. The number of carbonyl (C=O) groups is 2. The molecule has 0 aromatic carbocycles. The molecule has 0 spiro atoms. The Morgan fingerprint density at radius 1 is 0.968 bits per heavy atom. The molecule has 31 heavy (non-hydrogen) atoms. The maximum atomic E-state index is 12.0. The van der Waals surface area contributed by atoms with Gasteiger partial charge in [-0.15, -0.1) is 0 Å². The van der Waals surface area contributed by atoms with Crippen molar-refractivity contribution in [2.45, 2.75) is 95.5 Å². The van der Waals surface area contributed by atoms with Gasteiger partial charge in [-0.3, -0.25) is 0 Å². The van der Waals surface area contributed by atoms with E-state index < -0.39 is 53.7 Å². The fraction of sp³-hybridized carbons (Fsp3) is 0.889. The number of halogens is 3. The normalized spacial score (nSPS) is 33.5. The van der Waals surface area contributed by atoms with Crippen molar-refractivity contribution in [1.82, 2.24) is 0 Å². The smallest absolute Gasteiger partial charge is 0.430 e. The number of alkyl halides is 3. The molecule has 0 saturated carbocycles. The van der Waals surface area contributed by atoms with E-state index in [-0.39, 0.29) is 18.8 Å². The highest BCUT2D eigenvalue weighted by molar-refractivity contribution is 5.77. The van der Waals surface area contributed by atoms with Crippen molar-refractivity contribution in [1.29, 1.82) is 0 Å². The molecule has 3 rings (SSSR count). The summed E-state index contributed by atoms with van der Waals surface area (Å²) in [5.74, 6) is -4.94. The van der Waals surface area contributed by atoms with Crippen molar-refractivity contribution in [3.8, 4) is 0 Å². The number of esters is 1. The highest BCUT2D eigenvalue weighted by Crippen LogP contribution is 2.44. The van der Waals surface area contributed by atoms with Gasteiger partial charge in [-0.25, -0.2) is 4.79 Å². The van der Waals surface area contributed by atoms with Gasteiger partial charge in [0, 0.05) is 13.8 Å². The molecule has 0 unspecified atom stereocenters. The second-order valence-electron chi connectivity index (χ2n) is 8.98. The molecule has 3 saturated heterocycles. The summed E-state index contributed by atoms with van der Waals surface area (Å²) in [5.41, 5.74) is 2.96. The Hall–Kier alpha value is -1.51. The lowest BCUT2D eigenvalue weighted by atomic mass is 9.99. The molecule has 180 valence electrons. The first-order chi connectivity index (χ1) is 13.8. The summed E-state index contributed by atoms with van der Waals surface area (Å²) >= 11 is 0. The number of quaternary nitrogens is 1. The molecule has 0 amide bonds. The summed E-state index contributed by atoms with van der Waals surface area (Å²) in [6.45, 7) is 10.8. The Morgan fingerprint density at radius 2 is 1.42 bits per heavy atom. The van der Waals surface area contributed by atoms with Gasteiger partial charge >= 0.3 is 12.1 Å². The number of carboxylic acid groups (broad SMARTS) is 1. The number of fused-ring (bicyclic) bond motifs is 3. The van der Waals surface area contributed by atoms with Gasteiger partial charge in [-0.1, -0.05) is 0 Å². The molecule has 0 bridgehead atoms. The summed E-state index contributed by atoms with van der Waals surface area (Å²) in [4.78, 5) is 20.8. The van der Waals surface area contributed by atoms with E-state index in [9.17, 15) is 18.0 Å². The molecule has 3 fully saturated rings. The number of ether oxygens (including phenoxy) is 6. The predicted octanol–water partition coefficient (Wildman–Crippen LogP) is -0.755. The van der Waals surface area contributed by atoms with Crippen LogP contribution in [-0.4, -0.2) is 72.5 Å². The van der Waals surface area contributed by atoms with Gasteiger partial charge in [-0.05, 0) is 27.7 Å². The van der Waals surface area contributed by atoms with Crippen LogP contribution < -0.4 is 10.8 Å². The number of carbonyl (C=O) groups excluding carboxylic acids is 2. The van der Waals surface area contributed by atoms with Gasteiger partial charge in [0.2, 0.25) is 0 Å². The molecule has 0 aliphatic carbocycles. The standard InChI is InChI=1S/C16H27NO7.C2HF3O2/c1-14(2,17)13(18)19-7-8-9-10(22-15(3,4)21-9)11-12(20-8)24-16(5,6)23-11;3-2(4,5)1(6)7/h8-12H,7,17H2,1-6H3;(H,6,7)/t8-,9+,10+,11-,12-;/m1./s1. The molecule has 3 heterocycles. The lowest BCUT2D eigenvalue weighted by Crippen LogP contribution is -2.73. The molecule has 5 atom stereocenters. The maximum absolute atomic E-state index is 12.0. The van der Waals surface area contributed by atoms with Crippen molar-refractivity contribution < 1.29 is 62.0 Å². The van der Waals surface area contributed by atoms with E-state index in [1.165, 1.54) is 0 Å². The fourth-order valence-corrected chi connectivity index (χ4v) is 3.18. The third-order valence-corrected chi connectivity index (χ3v) is 4.41. The third-order valence-electron chi connectivity index (χ3n) is 4.41. The lowest BCUT2D eigenvalue weighted by molar-refractivity contribution is -0.451. The average Bonchev–Trinajstić information content (AvgIpc) is 3.05. The second kappa shape index (κ2) is 8.45. The van der Waals surface area contributed by atoms with Crippen LogP contribution in [0, 0.1) is 0 Å². The van der Waals surface area contributed by atoms with E-state index in [1.807, 2.05) is 27.7 Å². The molecular weight excluding hydrogens is 431 g/mol. The number of hydrogen-bond donors (Lipinski definition) is 1. The van der Waals surface area contributed by atoms with Crippen LogP contribution in [0.15, 0.2) is 0 Å². The SMILES string of the molecule is CC1(C)O[C@H]2[C@@H](O1)[C@@H](COC(=O)C(C)(C)[NH3+])O[C@@H]1OC(C)(C)O[C@@H]12.O=C([O-])C(F)(F)F. The summed E-state index contributed by atoms with van der Waals surface area (Å²) < 4.78 is 66.6. The highest BCUT2D eigenvalue weighted by atomic mass is 19.4. The Bertz CT molecular complexity index is 690. The first kappa shape index (κ1) is 25.7. The zero-order chi connectivity index (χ0) is 24.0. The van der Waals surface area contributed by atoms with Gasteiger partial charge in [-0.2, -0.15) is 13.2 Å². The molecule has 3 aliphatic rings. The van der Waals surface area contributed by atoms with Crippen LogP contribution in [-0.2, 0) is 38.0 Å². The van der Waals surface area contributed by atoms with Crippen molar-refractivity contribution in [2.24, 2.45) is 0 Å². The van der Waals surface area contributed by atoms with E-state index in [2.05, 4.69) is 5.73 Å². The summed E-state index contributed by atoms with van der Waals surface area (Å²) in [6, 6.07) is 0. The molecule has 0 aromatic heterocycles. The highest BCUT2D eigenvalue weighted by Gasteiger charge is 2.60. The second-order valence-corrected chi connectivity index (χ2v) is 8.98. The van der Waals surface area contributed by atoms with E-state index in [0.29, 0.717) is 0 Å². The van der Waals surface area contributed by atoms with Crippen LogP contribution in [0.3, 0.4) is 0 Å². The Balaban J connectivity index is 0.000000423. The van der Waals surface area contributed by atoms with E-state index >= 15 is 0 Å². The largest absolute Gasteiger partial charge is 0.542 e. The number of carboxylic acids is 1. The number of hydrogen-bond acceptors (Lipinski definition) is 9. The van der Waals surface area contributed by atoms with Gasteiger partial charge in [0.05, 0.1) is 0 Å². The molecular formula is C18H28F3NO9. The minimum absolute atomic E-state index is 0.0470. The molecule has 0 radical (unpaired) electrons. The van der Waals surface area contributed by atoms with Crippen LogP contribution in [0.1, 0.15) is 41.5 Å². The minimum Gasteiger partial charge on any atom is -0.542 e.